The molecule has 1 aliphatic rings. The Morgan fingerprint density at radius 3 is 2.68 bits per heavy atom. The topological polar surface area (TPSA) is 75.6 Å². The van der Waals surface area contributed by atoms with Crippen molar-refractivity contribution in [1.82, 2.24) is 9.80 Å². The molecule has 112 valence electrons. The van der Waals surface area contributed by atoms with Gasteiger partial charge in [-0.1, -0.05) is 0 Å². The van der Waals surface area contributed by atoms with Gasteiger partial charge in [0.2, 0.25) is 5.91 Å². The van der Waals surface area contributed by atoms with Crippen molar-refractivity contribution < 1.29 is 4.79 Å². The summed E-state index contributed by atoms with van der Waals surface area (Å²) in [5, 5.41) is 0. The molecule has 0 spiro atoms. The highest BCUT2D eigenvalue weighted by atomic mass is 16.1. The Kier molecular flexibility index (Phi) is 6.23. The molecule has 1 heterocycles. The number of nitrogens with two attached hydrogens (primary N) is 2. The van der Waals surface area contributed by atoms with E-state index in [4.69, 9.17) is 11.5 Å². The van der Waals surface area contributed by atoms with E-state index in [-0.39, 0.29) is 0 Å². The van der Waals surface area contributed by atoms with Crippen molar-refractivity contribution in [3.05, 3.63) is 0 Å². The summed E-state index contributed by atoms with van der Waals surface area (Å²) in [6.45, 7) is 5.16. The Morgan fingerprint density at radius 2 is 2.11 bits per heavy atom. The van der Waals surface area contributed by atoms with E-state index >= 15 is 0 Å². The number of unbranched alkanes of at least 4 members (excludes halogenated alkanes) is 1. The molecule has 1 amide bonds. The van der Waals surface area contributed by atoms with Gasteiger partial charge < -0.3 is 16.4 Å². The van der Waals surface area contributed by atoms with Crippen LogP contribution in [0.15, 0.2) is 0 Å². The number of likely N-dealkylation sites (N-methyl/N-ethyl adjacent to an activating group) is 1. The molecule has 5 heteroatoms. The monoisotopic (exact) mass is 270 g/mol. The van der Waals surface area contributed by atoms with E-state index in [0.29, 0.717) is 12.5 Å². The molecule has 19 heavy (non-hydrogen) atoms. The zero-order valence-corrected chi connectivity index (χ0v) is 12.7. The summed E-state index contributed by atoms with van der Waals surface area (Å²) in [4.78, 5) is 16.0. The predicted octanol–water partition coefficient (Wildman–Crippen LogP) is 0.385. The van der Waals surface area contributed by atoms with E-state index in [9.17, 15) is 4.79 Å². The number of nitrogens with zero attached hydrogens (tertiary/aromatic N) is 2. The molecule has 4 N–H and O–H groups in total. The van der Waals surface area contributed by atoms with Crippen LogP contribution in [0, 0.1) is 0 Å². The van der Waals surface area contributed by atoms with Crippen LogP contribution in [0.4, 0.5) is 0 Å². The van der Waals surface area contributed by atoms with Crippen molar-refractivity contribution >= 4 is 5.91 Å². The van der Waals surface area contributed by atoms with Crippen molar-refractivity contribution in [3.63, 3.8) is 0 Å². The second-order valence-corrected chi connectivity index (χ2v) is 6.33. The van der Waals surface area contributed by atoms with Crippen molar-refractivity contribution in [2.75, 3.05) is 33.7 Å². The fraction of sp³-hybridized carbons (Fsp3) is 0.929. The largest absolute Gasteiger partial charge is 0.368 e. The molecule has 0 saturated carbocycles. The van der Waals surface area contributed by atoms with E-state index in [2.05, 4.69) is 23.9 Å². The molecule has 0 aliphatic carbocycles. The van der Waals surface area contributed by atoms with Crippen LogP contribution in [0.5, 0.6) is 0 Å². The quantitative estimate of drug-likeness (QED) is 0.626. The summed E-state index contributed by atoms with van der Waals surface area (Å²) in [6.07, 6.45) is 5.32. The van der Waals surface area contributed by atoms with Gasteiger partial charge in [-0.15, -0.1) is 0 Å². The number of primary amides is 1. The van der Waals surface area contributed by atoms with E-state index in [1.807, 2.05) is 0 Å². The minimum atomic E-state index is -0.853. The van der Waals surface area contributed by atoms with Gasteiger partial charge in [-0.05, 0) is 66.2 Å². The van der Waals surface area contributed by atoms with Crippen LogP contribution in [-0.4, -0.2) is 61.0 Å². The SMILES string of the molecule is CN(C)CC1CCCN1CCCCC(C)(N)C(N)=O. The van der Waals surface area contributed by atoms with Gasteiger partial charge in [-0.3, -0.25) is 9.69 Å². The van der Waals surface area contributed by atoms with Gasteiger partial charge in [-0.25, -0.2) is 0 Å². The average Bonchev–Trinajstić information content (AvgIpc) is 2.71. The third-order valence-electron chi connectivity index (χ3n) is 4.03. The summed E-state index contributed by atoms with van der Waals surface area (Å²) in [6, 6.07) is 0.690. The molecule has 0 aromatic carbocycles. The van der Waals surface area contributed by atoms with Crippen LogP contribution >= 0.6 is 0 Å². The first kappa shape index (κ1) is 16.4. The number of hydrogen-bond acceptors (Lipinski definition) is 4. The molecule has 0 aromatic heterocycles. The smallest absolute Gasteiger partial charge is 0.237 e. The van der Waals surface area contributed by atoms with Crippen LogP contribution < -0.4 is 11.5 Å². The number of hydrogen-bond donors (Lipinski definition) is 2. The molecule has 1 saturated heterocycles. The molecule has 5 nitrogen and oxygen atoms in total. The molecule has 2 atom stereocenters. The Morgan fingerprint density at radius 1 is 1.42 bits per heavy atom. The maximum absolute atomic E-state index is 11.1. The maximum Gasteiger partial charge on any atom is 0.237 e. The van der Waals surface area contributed by atoms with Gasteiger partial charge in [-0.2, -0.15) is 0 Å². The van der Waals surface area contributed by atoms with Crippen LogP contribution in [0.1, 0.15) is 39.0 Å². The molecule has 1 fully saturated rings. The molecule has 0 bridgehead atoms. The van der Waals surface area contributed by atoms with E-state index in [1.54, 1.807) is 6.92 Å². The third-order valence-corrected chi connectivity index (χ3v) is 4.03. The van der Waals surface area contributed by atoms with Gasteiger partial charge in [0.25, 0.3) is 0 Å². The van der Waals surface area contributed by atoms with Crippen molar-refractivity contribution in [2.24, 2.45) is 11.5 Å². The lowest BCUT2D eigenvalue weighted by Crippen LogP contribution is -2.49. The Labute approximate surface area is 117 Å². The summed E-state index contributed by atoms with van der Waals surface area (Å²) in [5.41, 5.74) is 10.3. The Bertz CT molecular complexity index is 291. The van der Waals surface area contributed by atoms with Crippen molar-refractivity contribution in [2.45, 2.75) is 50.6 Å². The number of likely N-dealkylation sites (tertiary alicyclic amines) is 1. The molecule has 0 radical (unpaired) electrons. The number of rotatable bonds is 8. The lowest BCUT2D eigenvalue weighted by molar-refractivity contribution is -0.122. The van der Waals surface area contributed by atoms with Gasteiger partial charge in [0.1, 0.15) is 0 Å². The van der Waals surface area contributed by atoms with Gasteiger partial charge in [0.05, 0.1) is 5.54 Å². The summed E-state index contributed by atoms with van der Waals surface area (Å²) in [7, 11) is 4.26. The van der Waals surface area contributed by atoms with Gasteiger partial charge >= 0.3 is 0 Å². The zero-order chi connectivity index (χ0) is 14.5. The fourth-order valence-corrected chi connectivity index (χ4v) is 2.75. The summed E-state index contributed by atoms with van der Waals surface area (Å²) >= 11 is 0. The molecule has 0 aromatic rings. The van der Waals surface area contributed by atoms with Crippen LogP contribution in [0.3, 0.4) is 0 Å². The Balaban J connectivity index is 2.23. The highest BCUT2D eigenvalue weighted by Gasteiger charge is 2.26. The normalized spacial score (nSPS) is 23.7. The minimum Gasteiger partial charge on any atom is -0.368 e. The van der Waals surface area contributed by atoms with Gasteiger partial charge in [0, 0.05) is 12.6 Å². The van der Waals surface area contributed by atoms with E-state index in [1.165, 1.54) is 19.4 Å². The van der Waals surface area contributed by atoms with Crippen molar-refractivity contribution in [1.29, 1.82) is 0 Å². The predicted molar refractivity (Wildman–Crippen MR) is 78.8 cm³/mol. The number of carbonyl (C=O) groups is 1. The van der Waals surface area contributed by atoms with Crippen LogP contribution in [0.2, 0.25) is 0 Å². The zero-order valence-electron chi connectivity index (χ0n) is 12.7. The maximum atomic E-state index is 11.1. The second-order valence-electron chi connectivity index (χ2n) is 6.33. The molecule has 1 rings (SSSR count). The molecular weight excluding hydrogens is 240 g/mol. The van der Waals surface area contributed by atoms with Crippen LogP contribution in [-0.2, 0) is 4.79 Å². The molecular formula is C14H30N4O. The average molecular weight is 270 g/mol. The lowest BCUT2D eigenvalue weighted by atomic mass is 9.95. The van der Waals surface area contributed by atoms with Crippen LogP contribution in [0.25, 0.3) is 0 Å². The first-order valence-corrected chi connectivity index (χ1v) is 7.30. The van der Waals surface area contributed by atoms with Gasteiger partial charge in [0.15, 0.2) is 0 Å². The summed E-state index contributed by atoms with van der Waals surface area (Å²) < 4.78 is 0. The summed E-state index contributed by atoms with van der Waals surface area (Å²) in [5.74, 6) is -0.404. The standard InChI is InChI=1S/C14H30N4O/c1-14(16,13(15)19)8-4-5-9-18-10-6-7-12(18)11-17(2)3/h12H,4-11,16H2,1-3H3,(H2,15,19). The van der Waals surface area contributed by atoms with Crippen molar-refractivity contribution in [3.8, 4) is 0 Å². The number of carbonyl (C=O) groups excluding carboxylic acids is 1. The van der Waals surface area contributed by atoms with E-state index in [0.717, 1.165) is 25.9 Å². The number of amides is 1. The van der Waals surface area contributed by atoms with E-state index < -0.39 is 11.4 Å². The third kappa shape index (κ3) is 5.47. The second kappa shape index (κ2) is 7.22. The minimum absolute atomic E-state index is 0.404. The first-order chi connectivity index (χ1) is 8.83. The lowest BCUT2D eigenvalue weighted by Gasteiger charge is -2.27. The highest BCUT2D eigenvalue weighted by molar-refractivity contribution is 5.83. The Hall–Kier alpha value is -0.650. The first-order valence-electron chi connectivity index (χ1n) is 7.30. The molecule has 1 aliphatic heterocycles. The fourth-order valence-electron chi connectivity index (χ4n) is 2.75. The highest BCUT2D eigenvalue weighted by Crippen LogP contribution is 2.19. The molecule has 2 unspecified atom stereocenters.